The second-order valence-electron chi connectivity index (χ2n) is 8.07. The van der Waals surface area contributed by atoms with Crippen LogP contribution in [0, 0.1) is 11.3 Å². The van der Waals surface area contributed by atoms with Crippen molar-refractivity contribution in [2.24, 2.45) is 0 Å². The number of nitrogens with zero attached hydrogens (tertiary/aromatic N) is 2. The van der Waals surface area contributed by atoms with Crippen LogP contribution in [0.5, 0.6) is 5.75 Å². The highest BCUT2D eigenvalue weighted by atomic mass is 32.1. The molecule has 1 aliphatic carbocycles. The van der Waals surface area contributed by atoms with E-state index in [0.717, 1.165) is 21.8 Å². The fraction of sp³-hybridized carbons (Fsp3) is 0.360. The first kappa shape index (κ1) is 24.3. The summed E-state index contributed by atoms with van der Waals surface area (Å²) >= 11 is 1.38. The molecule has 182 valence electrons. The van der Waals surface area contributed by atoms with Gasteiger partial charge in [-0.05, 0) is 43.4 Å². The Morgan fingerprint density at radius 2 is 2.20 bits per heavy atom. The largest absolute Gasteiger partial charge is 0.494 e. The zero-order valence-electron chi connectivity index (χ0n) is 19.4. The molecule has 0 saturated heterocycles. The van der Waals surface area contributed by atoms with Crippen LogP contribution in [0.2, 0.25) is 0 Å². The van der Waals surface area contributed by atoms with Crippen LogP contribution in [0.1, 0.15) is 47.2 Å². The number of rotatable bonds is 9. The van der Waals surface area contributed by atoms with E-state index in [2.05, 4.69) is 26.7 Å². The lowest BCUT2D eigenvalue weighted by Gasteiger charge is -2.22. The van der Waals surface area contributed by atoms with Crippen molar-refractivity contribution in [3.63, 3.8) is 0 Å². The SMILES string of the molecule is CCOc1ccccc1CCC(=O)Nc1sc2c(c1C#N)CCC(OC(=O)NCc1ncc[nH]1)C2. The number of amides is 2. The van der Waals surface area contributed by atoms with Gasteiger partial charge >= 0.3 is 6.09 Å². The fourth-order valence-electron chi connectivity index (χ4n) is 4.05. The molecule has 1 aromatic carbocycles. The van der Waals surface area contributed by atoms with Crippen molar-refractivity contribution in [2.75, 3.05) is 11.9 Å². The van der Waals surface area contributed by atoms with Gasteiger partial charge in [0.25, 0.3) is 0 Å². The molecule has 1 atom stereocenters. The number of H-pyrrole nitrogens is 1. The first-order valence-electron chi connectivity index (χ1n) is 11.5. The molecule has 0 fully saturated rings. The van der Waals surface area contributed by atoms with Gasteiger partial charge < -0.3 is 25.1 Å². The summed E-state index contributed by atoms with van der Waals surface area (Å²) in [6.07, 6.45) is 5.07. The van der Waals surface area contributed by atoms with Crippen LogP contribution in [0.3, 0.4) is 0 Å². The number of hydrogen-bond acceptors (Lipinski definition) is 7. The number of hydrogen-bond donors (Lipinski definition) is 3. The number of anilines is 1. The number of aromatic amines is 1. The molecule has 2 amide bonds. The number of alkyl carbamates (subject to hydrolysis) is 1. The van der Waals surface area contributed by atoms with Gasteiger partial charge in [-0.1, -0.05) is 18.2 Å². The number of ether oxygens (including phenoxy) is 2. The van der Waals surface area contributed by atoms with Gasteiger partial charge in [0.05, 0.1) is 18.7 Å². The monoisotopic (exact) mass is 493 g/mol. The molecule has 0 aliphatic heterocycles. The van der Waals surface area contributed by atoms with Gasteiger partial charge in [0.2, 0.25) is 5.91 Å². The van der Waals surface area contributed by atoms with Gasteiger partial charge in [-0.2, -0.15) is 5.26 Å². The van der Waals surface area contributed by atoms with Crippen LogP contribution in [-0.2, 0) is 35.3 Å². The maximum Gasteiger partial charge on any atom is 0.407 e. The van der Waals surface area contributed by atoms with E-state index in [1.54, 1.807) is 12.4 Å². The molecule has 1 unspecified atom stereocenters. The minimum atomic E-state index is -0.507. The Hall–Kier alpha value is -3.84. The van der Waals surface area contributed by atoms with Crippen molar-refractivity contribution < 1.29 is 19.1 Å². The Morgan fingerprint density at radius 3 is 2.97 bits per heavy atom. The minimum absolute atomic E-state index is 0.156. The van der Waals surface area contributed by atoms with Crippen molar-refractivity contribution >= 4 is 28.3 Å². The quantitative estimate of drug-likeness (QED) is 0.412. The average Bonchev–Trinajstić information content (AvgIpc) is 3.49. The van der Waals surface area contributed by atoms with Gasteiger partial charge in [0, 0.05) is 30.1 Å². The molecule has 0 bridgehead atoms. The van der Waals surface area contributed by atoms with E-state index >= 15 is 0 Å². The topological polar surface area (TPSA) is 129 Å². The summed E-state index contributed by atoms with van der Waals surface area (Å²) in [4.78, 5) is 32.8. The second-order valence-corrected chi connectivity index (χ2v) is 9.17. The fourth-order valence-corrected chi connectivity index (χ4v) is 5.33. The zero-order chi connectivity index (χ0) is 24.6. The standard InChI is InChI=1S/C25H27N5O4S/c1-2-33-20-6-4-3-5-16(20)7-10-23(31)30-24-19(14-26)18-9-8-17(13-21(18)35-24)34-25(32)29-15-22-27-11-12-28-22/h3-6,11-12,17H,2,7-10,13,15H2,1H3,(H,27,28)(H,29,32)(H,30,31). The highest BCUT2D eigenvalue weighted by Crippen LogP contribution is 2.38. The Balaban J connectivity index is 1.33. The smallest absolute Gasteiger partial charge is 0.407 e. The number of aromatic nitrogens is 2. The molecular weight excluding hydrogens is 466 g/mol. The first-order chi connectivity index (χ1) is 17.1. The number of carbonyl (C=O) groups excluding carboxylic acids is 2. The molecule has 0 spiro atoms. The van der Waals surface area contributed by atoms with E-state index < -0.39 is 6.09 Å². The molecule has 35 heavy (non-hydrogen) atoms. The van der Waals surface area contributed by atoms with Crippen molar-refractivity contribution in [1.82, 2.24) is 15.3 Å². The van der Waals surface area contributed by atoms with E-state index in [1.807, 2.05) is 31.2 Å². The maximum atomic E-state index is 12.7. The number of aryl methyl sites for hydroxylation is 1. The van der Waals surface area contributed by atoms with E-state index in [4.69, 9.17) is 9.47 Å². The number of imidazole rings is 1. The Kier molecular flexibility index (Phi) is 8.00. The zero-order valence-corrected chi connectivity index (χ0v) is 20.2. The van der Waals surface area contributed by atoms with E-state index in [1.165, 1.54) is 11.3 Å². The Morgan fingerprint density at radius 1 is 1.34 bits per heavy atom. The predicted octanol–water partition coefficient (Wildman–Crippen LogP) is 4.10. The number of benzene rings is 1. The molecule has 1 aliphatic rings. The molecule has 9 nitrogen and oxygen atoms in total. The molecule has 3 aromatic rings. The Bertz CT molecular complexity index is 1220. The summed E-state index contributed by atoms with van der Waals surface area (Å²) in [5.41, 5.74) is 2.42. The third-order valence-electron chi connectivity index (χ3n) is 5.71. The summed E-state index contributed by atoms with van der Waals surface area (Å²) in [7, 11) is 0. The average molecular weight is 494 g/mol. The van der Waals surface area contributed by atoms with E-state index in [9.17, 15) is 14.9 Å². The first-order valence-corrected chi connectivity index (χ1v) is 12.4. The Labute approximate surface area is 207 Å². The van der Waals surface area contributed by atoms with Gasteiger partial charge in [-0.25, -0.2) is 9.78 Å². The lowest BCUT2D eigenvalue weighted by Crippen LogP contribution is -2.31. The predicted molar refractivity (Wildman–Crippen MR) is 131 cm³/mol. The van der Waals surface area contributed by atoms with Gasteiger partial charge in [0.1, 0.15) is 28.7 Å². The number of fused-ring (bicyclic) bond motifs is 1. The molecule has 10 heteroatoms. The molecular formula is C25H27N5O4S. The minimum Gasteiger partial charge on any atom is -0.494 e. The number of nitrogens with one attached hydrogen (secondary N) is 3. The third-order valence-corrected chi connectivity index (χ3v) is 6.88. The van der Waals surface area contributed by atoms with Crippen LogP contribution in [-0.4, -0.2) is 34.7 Å². The summed E-state index contributed by atoms with van der Waals surface area (Å²) in [6.45, 7) is 2.74. The normalized spacial score (nSPS) is 14.5. The van der Waals surface area contributed by atoms with Crippen LogP contribution in [0.4, 0.5) is 9.80 Å². The molecule has 4 rings (SSSR count). The molecule has 2 heterocycles. The third kappa shape index (κ3) is 6.19. The molecule has 3 N–H and O–H groups in total. The molecule has 2 aromatic heterocycles. The number of para-hydroxylation sites is 1. The van der Waals surface area contributed by atoms with Gasteiger partial charge in [-0.3, -0.25) is 4.79 Å². The number of thiophene rings is 1. The second kappa shape index (κ2) is 11.5. The van der Waals surface area contributed by atoms with Crippen molar-refractivity contribution in [3.05, 3.63) is 64.1 Å². The van der Waals surface area contributed by atoms with Gasteiger partial charge in [0.15, 0.2) is 0 Å². The van der Waals surface area contributed by atoms with Crippen LogP contribution in [0.15, 0.2) is 36.7 Å². The summed E-state index contributed by atoms with van der Waals surface area (Å²) in [6, 6.07) is 9.92. The van der Waals surface area contributed by atoms with Crippen molar-refractivity contribution in [2.45, 2.75) is 51.7 Å². The summed E-state index contributed by atoms with van der Waals surface area (Å²) in [5.74, 6) is 1.27. The number of carbonyl (C=O) groups is 2. The maximum absolute atomic E-state index is 12.7. The number of nitriles is 1. The lowest BCUT2D eigenvalue weighted by molar-refractivity contribution is -0.116. The van der Waals surface area contributed by atoms with Crippen LogP contribution < -0.4 is 15.4 Å². The summed E-state index contributed by atoms with van der Waals surface area (Å²) in [5, 5.41) is 15.9. The van der Waals surface area contributed by atoms with E-state index in [0.29, 0.717) is 48.7 Å². The van der Waals surface area contributed by atoms with Crippen molar-refractivity contribution in [1.29, 1.82) is 5.26 Å². The van der Waals surface area contributed by atoms with E-state index in [-0.39, 0.29) is 25.0 Å². The van der Waals surface area contributed by atoms with Crippen LogP contribution >= 0.6 is 11.3 Å². The highest BCUT2D eigenvalue weighted by Gasteiger charge is 2.28. The molecule has 0 saturated carbocycles. The molecule has 0 radical (unpaired) electrons. The highest BCUT2D eigenvalue weighted by molar-refractivity contribution is 7.16. The van der Waals surface area contributed by atoms with Crippen LogP contribution in [0.25, 0.3) is 0 Å². The summed E-state index contributed by atoms with van der Waals surface area (Å²) < 4.78 is 11.2. The lowest BCUT2D eigenvalue weighted by atomic mass is 9.94. The van der Waals surface area contributed by atoms with Gasteiger partial charge in [-0.15, -0.1) is 11.3 Å². The van der Waals surface area contributed by atoms with Crippen molar-refractivity contribution in [3.8, 4) is 11.8 Å².